The molecule has 1 heterocycles. The summed E-state index contributed by atoms with van der Waals surface area (Å²) in [5.41, 5.74) is 1.75. The maximum Gasteiger partial charge on any atom is 0.265 e. The van der Waals surface area contributed by atoms with E-state index in [0.29, 0.717) is 22.2 Å². The third-order valence-corrected chi connectivity index (χ3v) is 3.30. The second-order valence-electron chi connectivity index (χ2n) is 4.56. The van der Waals surface area contributed by atoms with Gasteiger partial charge < -0.3 is 5.32 Å². The van der Waals surface area contributed by atoms with Crippen LogP contribution in [0.25, 0.3) is 16.6 Å². The monoisotopic (exact) mass is 279 g/mol. The van der Waals surface area contributed by atoms with Crippen molar-refractivity contribution < 1.29 is 4.79 Å². The molecular weight excluding hydrogens is 266 g/mol. The minimum absolute atomic E-state index is 0.131. The van der Waals surface area contributed by atoms with E-state index in [1.807, 2.05) is 12.1 Å². The summed E-state index contributed by atoms with van der Waals surface area (Å²) in [5, 5.41) is 3.12. The average molecular weight is 279 g/mol. The largest absolute Gasteiger partial charge is 0.355 e. The van der Waals surface area contributed by atoms with E-state index in [1.54, 1.807) is 43.4 Å². The summed E-state index contributed by atoms with van der Waals surface area (Å²) in [6, 6.07) is 14.0. The first-order valence-corrected chi connectivity index (χ1v) is 6.49. The number of amides is 1. The zero-order chi connectivity index (χ0) is 14.8. The highest BCUT2D eigenvalue weighted by molar-refractivity contribution is 5.94. The van der Waals surface area contributed by atoms with E-state index in [2.05, 4.69) is 10.3 Å². The summed E-state index contributed by atoms with van der Waals surface area (Å²) in [7, 11) is 1.58. The van der Waals surface area contributed by atoms with Crippen LogP contribution in [-0.2, 0) is 0 Å². The molecule has 104 valence electrons. The molecule has 1 aromatic heterocycles. The van der Waals surface area contributed by atoms with Gasteiger partial charge in [0, 0.05) is 12.6 Å². The van der Waals surface area contributed by atoms with Crippen molar-refractivity contribution >= 4 is 16.8 Å². The van der Waals surface area contributed by atoms with Crippen LogP contribution in [0.5, 0.6) is 0 Å². The number of hydrogen-bond donors (Lipinski definition) is 1. The molecule has 0 aliphatic carbocycles. The quantitative estimate of drug-likeness (QED) is 0.777. The Hall–Kier alpha value is -2.95. The first kappa shape index (κ1) is 13.1. The van der Waals surface area contributed by atoms with Crippen LogP contribution in [0, 0.1) is 0 Å². The van der Waals surface area contributed by atoms with Gasteiger partial charge in [0.25, 0.3) is 11.5 Å². The molecule has 0 radical (unpaired) electrons. The Morgan fingerprint density at radius 2 is 1.81 bits per heavy atom. The van der Waals surface area contributed by atoms with Gasteiger partial charge in [-0.25, -0.2) is 4.98 Å². The molecule has 5 nitrogen and oxygen atoms in total. The molecule has 0 saturated heterocycles. The van der Waals surface area contributed by atoms with Crippen LogP contribution in [0.2, 0.25) is 0 Å². The second kappa shape index (κ2) is 5.20. The summed E-state index contributed by atoms with van der Waals surface area (Å²) in [5.74, 6) is -0.162. The molecule has 0 aliphatic rings. The Bertz CT molecular complexity index is 867. The zero-order valence-corrected chi connectivity index (χ0v) is 11.4. The number of nitrogens with zero attached hydrogens (tertiary/aromatic N) is 2. The smallest absolute Gasteiger partial charge is 0.265 e. The molecule has 0 fully saturated rings. The lowest BCUT2D eigenvalue weighted by molar-refractivity contribution is 0.0963. The summed E-state index contributed by atoms with van der Waals surface area (Å²) in [4.78, 5) is 28.2. The van der Waals surface area contributed by atoms with Crippen molar-refractivity contribution in [3.8, 4) is 5.69 Å². The normalized spacial score (nSPS) is 10.5. The predicted octanol–water partition coefficient (Wildman–Crippen LogP) is 1.75. The SMILES string of the molecule is CNC(=O)c1ccc(-n2cnc3ccccc3c2=O)cc1. The van der Waals surface area contributed by atoms with Gasteiger partial charge in [0.2, 0.25) is 0 Å². The third-order valence-electron chi connectivity index (χ3n) is 3.30. The number of carbonyl (C=O) groups is 1. The number of benzene rings is 2. The Morgan fingerprint density at radius 1 is 1.10 bits per heavy atom. The van der Waals surface area contributed by atoms with Crippen molar-refractivity contribution in [3.05, 3.63) is 70.8 Å². The van der Waals surface area contributed by atoms with Crippen molar-refractivity contribution in [2.75, 3.05) is 7.05 Å². The van der Waals surface area contributed by atoms with Crippen molar-refractivity contribution in [3.63, 3.8) is 0 Å². The molecule has 0 saturated carbocycles. The maximum atomic E-state index is 12.4. The van der Waals surface area contributed by atoms with Gasteiger partial charge in [-0.3, -0.25) is 14.2 Å². The Labute approximate surface area is 120 Å². The third kappa shape index (κ3) is 2.29. The molecule has 1 N–H and O–H groups in total. The highest BCUT2D eigenvalue weighted by atomic mass is 16.1. The average Bonchev–Trinajstić information content (AvgIpc) is 2.55. The minimum Gasteiger partial charge on any atom is -0.355 e. The van der Waals surface area contributed by atoms with E-state index in [9.17, 15) is 9.59 Å². The first-order valence-electron chi connectivity index (χ1n) is 6.49. The van der Waals surface area contributed by atoms with Crippen molar-refractivity contribution in [2.24, 2.45) is 0 Å². The van der Waals surface area contributed by atoms with Crippen LogP contribution in [0.15, 0.2) is 59.7 Å². The van der Waals surface area contributed by atoms with Gasteiger partial charge in [-0.05, 0) is 36.4 Å². The van der Waals surface area contributed by atoms with E-state index in [-0.39, 0.29) is 11.5 Å². The van der Waals surface area contributed by atoms with Gasteiger partial charge in [0.05, 0.1) is 16.6 Å². The number of aromatic nitrogens is 2. The van der Waals surface area contributed by atoms with Gasteiger partial charge >= 0.3 is 0 Å². The molecule has 5 heteroatoms. The van der Waals surface area contributed by atoms with E-state index in [4.69, 9.17) is 0 Å². The summed E-state index contributed by atoms with van der Waals surface area (Å²) >= 11 is 0. The molecule has 2 aromatic carbocycles. The van der Waals surface area contributed by atoms with Crippen LogP contribution in [-0.4, -0.2) is 22.5 Å². The van der Waals surface area contributed by atoms with Gasteiger partial charge in [-0.2, -0.15) is 0 Å². The fourth-order valence-corrected chi connectivity index (χ4v) is 2.17. The molecule has 0 atom stereocenters. The van der Waals surface area contributed by atoms with Gasteiger partial charge in [-0.15, -0.1) is 0 Å². The maximum absolute atomic E-state index is 12.4. The number of rotatable bonds is 2. The molecule has 0 aliphatic heterocycles. The fraction of sp³-hybridized carbons (Fsp3) is 0.0625. The molecule has 0 spiro atoms. The number of hydrogen-bond acceptors (Lipinski definition) is 3. The lowest BCUT2D eigenvalue weighted by atomic mass is 10.2. The molecule has 3 aromatic rings. The summed E-state index contributed by atoms with van der Waals surface area (Å²) < 4.78 is 1.47. The zero-order valence-electron chi connectivity index (χ0n) is 11.4. The highest BCUT2D eigenvalue weighted by Crippen LogP contribution is 2.10. The van der Waals surface area contributed by atoms with Crippen LogP contribution in [0.3, 0.4) is 0 Å². The Kier molecular flexibility index (Phi) is 3.23. The summed E-state index contributed by atoms with van der Waals surface area (Å²) in [6.45, 7) is 0. The molecular formula is C16H13N3O2. The standard InChI is InChI=1S/C16H13N3O2/c1-17-15(20)11-6-8-12(9-7-11)19-10-18-14-5-3-2-4-13(14)16(19)21/h2-10H,1H3,(H,17,20). The molecule has 0 bridgehead atoms. The number of carbonyl (C=O) groups excluding carboxylic acids is 1. The Balaban J connectivity index is 2.10. The van der Waals surface area contributed by atoms with Crippen molar-refractivity contribution in [1.82, 2.24) is 14.9 Å². The van der Waals surface area contributed by atoms with Crippen LogP contribution in [0.1, 0.15) is 10.4 Å². The molecule has 3 rings (SSSR count). The topological polar surface area (TPSA) is 64.0 Å². The summed E-state index contributed by atoms with van der Waals surface area (Å²) in [6.07, 6.45) is 1.50. The fourth-order valence-electron chi connectivity index (χ4n) is 2.17. The molecule has 21 heavy (non-hydrogen) atoms. The Morgan fingerprint density at radius 3 is 2.52 bits per heavy atom. The van der Waals surface area contributed by atoms with E-state index < -0.39 is 0 Å². The van der Waals surface area contributed by atoms with Crippen molar-refractivity contribution in [1.29, 1.82) is 0 Å². The lowest BCUT2D eigenvalue weighted by Gasteiger charge is -2.07. The van der Waals surface area contributed by atoms with Crippen LogP contribution >= 0.6 is 0 Å². The van der Waals surface area contributed by atoms with Gasteiger partial charge in [0.15, 0.2) is 0 Å². The molecule has 0 unspecified atom stereocenters. The van der Waals surface area contributed by atoms with E-state index in [0.717, 1.165) is 0 Å². The number of fused-ring (bicyclic) bond motifs is 1. The first-order chi connectivity index (χ1) is 10.2. The van der Waals surface area contributed by atoms with Crippen molar-refractivity contribution in [2.45, 2.75) is 0 Å². The minimum atomic E-state index is -0.162. The van der Waals surface area contributed by atoms with Crippen LogP contribution in [0.4, 0.5) is 0 Å². The van der Waals surface area contributed by atoms with Gasteiger partial charge in [0.1, 0.15) is 6.33 Å². The second-order valence-corrected chi connectivity index (χ2v) is 4.56. The number of para-hydroxylation sites is 1. The highest BCUT2D eigenvalue weighted by Gasteiger charge is 2.07. The predicted molar refractivity (Wildman–Crippen MR) is 80.7 cm³/mol. The van der Waals surface area contributed by atoms with Gasteiger partial charge in [-0.1, -0.05) is 12.1 Å². The van der Waals surface area contributed by atoms with E-state index >= 15 is 0 Å². The van der Waals surface area contributed by atoms with Crippen LogP contribution < -0.4 is 10.9 Å². The molecule has 1 amide bonds. The van der Waals surface area contributed by atoms with E-state index in [1.165, 1.54) is 10.9 Å². The number of nitrogens with one attached hydrogen (secondary N) is 1. The lowest BCUT2D eigenvalue weighted by Crippen LogP contribution is -2.20.